The fourth-order valence-corrected chi connectivity index (χ4v) is 3.39. The van der Waals surface area contributed by atoms with Gasteiger partial charge in [-0.15, -0.1) is 0 Å². The summed E-state index contributed by atoms with van der Waals surface area (Å²) in [6.45, 7) is 2.18. The summed E-state index contributed by atoms with van der Waals surface area (Å²) in [5.41, 5.74) is 5.86. The molecule has 0 bridgehead atoms. The highest BCUT2D eigenvalue weighted by molar-refractivity contribution is 5.41. The van der Waals surface area contributed by atoms with Crippen molar-refractivity contribution < 1.29 is 0 Å². The Bertz CT molecular complexity index is 600. The van der Waals surface area contributed by atoms with E-state index in [2.05, 4.69) is 74.4 Å². The van der Waals surface area contributed by atoms with Crippen molar-refractivity contribution in [3.8, 4) is 0 Å². The van der Waals surface area contributed by atoms with Crippen molar-refractivity contribution in [3.05, 3.63) is 70.8 Å². The van der Waals surface area contributed by atoms with Crippen LogP contribution in [0.25, 0.3) is 0 Å². The summed E-state index contributed by atoms with van der Waals surface area (Å²) in [5.74, 6) is 0.534. The van der Waals surface area contributed by atoms with E-state index in [1.165, 1.54) is 35.1 Å². The lowest BCUT2D eigenvalue weighted by atomic mass is 9.76. The molecule has 0 heterocycles. The first-order valence-corrected chi connectivity index (χ1v) is 7.46. The Balaban J connectivity index is 2.05. The van der Waals surface area contributed by atoms with E-state index in [0.29, 0.717) is 12.0 Å². The molecule has 2 unspecified atom stereocenters. The summed E-state index contributed by atoms with van der Waals surface area (Å²) in [4.78, 5) is 2.37. The van der Waals surface area contributed by atoms with Gasteiger partial charge in [-0.05, 0) is 50.6 Å². The van der Waals surface area contributed by atoms with Gasteiger partial charge in [-0.3, -0.25) is 0 Å². The van der Waals surface area contributed by atoms with Gasteiger partial charge < -0.3 is 4.90 Å². The third-order valence-corrected chi connectivity index (χ3v) is 4.57. The minimum absolute atomic E-state index is 0.534. The molecule has 1 aliphatic rings. The van der Waals surface area contributed by atoms with Crippen LogP contribution in [-0.2, 0) is 6.42 Å². The number of likely N-dealkylation sites (N-methyl/N-ethyl adjacent to an activating group) is 1. The molecule has 1 aliphatic carbocycles. The summed E-state index contributed by atoms with van der Waals surface area (Å²) >= 11 is 0. The van der Waals surface area contributed by atoms with Crippen LogP contribution < -0.4 is 0 Å². The zero-order valence-electron chi connectivity index (χ0n) is 12.6. The standard InChI is InChI=1S/C19H23N/c1-14-7-6-9-15(11-14)19-13-17(20(2)3)12-16-8-4-5-10-18(16)19/h4-11,17,19H,12-13H2,1-3H3. The fourth-order valence-electron chi connectivity index (χ4n) is 3.39. The quantitative estimate of drug-likeness (QED) is 0.793. The van der Waals surface area contributed by atoms with E-state index >= 15 is 0 Å². The van der Waals surface area contributed by atoms with Gasteiger partial charge in [-0.25, -0.2) is 0 Å². The van der Waals surface area contributed by atoms with Crippen LogP contribution in [0.5, 0.6) is 0 Å². The summed E-state index contributed by atoms with van der Waals surface area (Å²) in [5, 5.41) is 0. The van der Waals surface area contributed by atoms with Gasteiger partial charge in [0.2, 0.25) is 0 Å². The molecule has 0 N–H and O–H groups in total. The number of fused-ring (bicyclic) bond motifs is 1. The van der Waals surface area contributed by atoms with Crippen molar-refractivity contribution in [2.75, 3.05) is 14.1 Å². The van der Waals surface area contributed by atoms with Crippen LogP contribution in [0, 0.1) is 6.92 Å². The molecule has 0 aliphatic heterocycles. The number of aryl methyl sites for hydroxylation is 1. The molecule has 0 radical (unpaired) electrons. The van der Waals surface area contributed by atoms with Crippen LogP contribution in [0.15, 0.2) is 48.5 Å². The molecular weight excluding hydrogens is 242 g/mol. The predicted molar refractivity (Wildman–Crippen MR) is 85.3 cm³/mol. The number of hydrogen-bond donors (Lipinski definition) is 0. The van der Waals surface area contributed by atoms with E-state index in [1.807, 2.05) is 0 Å². The van der Waals surface area contributed by atoms with Gasteiger partial charge >= 0.3 is 0 Å². The third kappa shape index (κ3) is 2.51. The van der Waals surface area contributed by atoms with Gasteiger partial charge in [0.1, 0.15) is 0 Å². The van der Waals surface area contributed by atoms with Gasteiger partial charge in [-0.1, -0.05) is 54.1 Å². The van der Waals surface area contributed by atoms with Crippen LogP contribution >= 0.6 is 0 Å². The third-order valence-electron chi connectivity index (χ3n) is 4.57. The van der Waals surface area contributed by atoms with Crippen LogP contribution in [0.1, 0.15) is 34.6 Å². The Morgan fingerprint density at radius 1 is 1.00 bits per heavy atom. The van der Waals surface area contributed by atoms with E-state index in [0.717, 1.165) is 0 Å². The number of rotatable bonds is 2. The first-order valence-electron chi connectivity index (χ1n) is 7.46. The molecule has 1 heteroatoms. The van der Waals surface area contributed by atoms with Crippen molar-refractivity contribution in [1.82, 2.24) is 4.90 Å². The van der Waals surface area contributed by atoms with E-state index in [-0.39, 0.29) is 0 Å². The molecule has 0 saturated heterocycles. The summed E-state index contributed by atoms with van der Waals surface area (Å²) in [6.07, 6.45) is 2.39. The predicted octanol–water partition coefficient (Wildman–Crippen LogP) is 4.00. The SMILES string of the molecule is Cc1cccc(C2CC(N(C)C)Cc3ccccc32)c1. The summed E-state index contributed by atoms with van der Waals surface area (Å²) < 4.78 is 0. The lowest BCUT2D eigenvalue weighted by Crippen LogP contribution is -2.35. The Hall–Kier alpha value is -1.60. The number of benzene rings is 2. The highest BCUT2D eigenvalue weighted by atomic mass is 15.1. The second-order valence-corrected chi connectivity index (χ2v) is 6.22. The van der Waals surface area contributed by atoms with Crippen molar-refractivity contribution in [2.24, 2.45) is 0 Å². The minimum atomic E-state index is 0.534. The molecular formula is C19H23N. The van der Waals surface area contributed by atoms with Crippen molar-refractivity contribution in [2.45, 2.75) is 31.7 Å². The Morgan fingerprint density at radius 2 is 1.80 bits per heavy atom. The number of nitrogens with zero attached hydrogens (tertiary/aromatic N) is 1. The smallest absolute Gasteiger partial charge is 0.0139 e. The second-order valence-electron chi connectivity index (χ2n) is 6.22. The lowest BCUT2D eigenvalue weighted by molar-refractivity contribution is 0.258. The average molecular weight is 265 g/mol. The van der Waals surface area contributed by atoms with Crippen molar-refractivity contribution >= 4 is 0 Å². The second kappa shape index (κ2) is 5.41. The molecule has 0 fully saturated rings. The topological polar surface area (TPSA) is 3.24 Å². The van der Waals surface area contributed by atoms with Gasteiger partial charge in [0, 0.05) is 12.0 Å². The van der Waals surface area contributed by atoms with Gasteiger partial charge in [0.05, 0.1) is 0 Å². The zero-order valence-corrected chi connectivity index (χ0v) is 12.6. The van der Waals surface area contributed by atoms with Gasteiger partial charge in [-0.2, -0.15) is 0 Å². The van der Waals surface area contributed by atoms with Gasteiger partial charge in [0.25, 0.3) is 0 Å². The average Bonchev–Trinajstić information content (AvgIpc) is 2.46. The molecule has 0 amide bonds. The normalized spacial score (nSPS) is 21.8. The Morgan fingerprint density at radius 3 is 2.55 bits per heavy atom. The monoisotopic (exact) mass is 265 g/mol. The first kappa shape index (κ1) is 13.4. The van der Waals surface area contributed by atoms with E-state index < -0.39 is 0 Å². The maximum Gasteiger partial charge on any atom is 0.0139 e. The molecule has 2 aromatic carbocycles. The molecule has 0 spiro atoms. The fraction of sp³-hybridized carbons (Fsp3) is 0.368. The van der Waals surface area contributed by atoms with Gasteiger partial charge in [0.15, 0.2) is 0 Å². The van der Waals surface area contributed by atoms with Crippen molar-refractivity contribution in [1.29, 1.82) is 0 Å². The van der Waals surface area contributed by atoms with Crippen LogP contribution in [-0.4, -0.2) is 25.0 Å². The van der Waals surface area contributed by atoms with E-state index in [1.54, 1.807) is 0 Å². The maximum absolute atomic E-state index is 2.37. The molecule has 0 saturated carbocycles. The first-order chi connectivity index (χ1) is 9.65. The molecule has 0 aromatic heterocycles. The molecule has 3 rings (SSSR count). The Labute approximate surface area is 122 Å². The van der Waals surface area contributed by atoms with Crippen molar-refractivity contribution in [3.63, 3.8) is 0 Å². The zero-order chi connectivity index (χ0) is 14.1. The highest BCUT2D eigenvalue weighted by Gasteiger charge is 2.28. The number of hydrogen-bond acceptors (Lipinski definition) is 1. The van der Waals surface area contributed by atoms with Crippen LogP contribution in [0.2, 0.25) is 0 Å². The molecule has 104 valence electrons. The molecule has 2 atom stereocenters. The minimum Gasteiger partial charge on any atom is -0.306 e. The lowest BCUT2D eigenvalue weighted by Gasteiger charge is -2.35. The molecule has 20 heavy (non-hydrogen) atoms. The largest absolute Gasteiger partial charge is 0.306 e. The maximum atomic E-state index is 2.37. The summed E-state index contributed by atoms with van der Waals surface area (Å²) in [6, 6.07) is 18.6. The summed E-state index contributed by atoms with van der Waals surface area (Å²) in [7, 11) is 4.40. The van der Waals surface area contributed by atoms with Crippen LogP contribution in [0.3, 0.4) is 0 Å². The van der Waals surface area contributed by atoms with E-state index in [4.69, 9.17) is 0 Å². The highest BCUT2D eigenvalue weighted by Crippen LogP contribution is 2.38. The molecule has 2 aromatic rings. The van der Waals surface area contributed by atoms with Crippen LogP contribution in [0.4, 0.5) is 0 Å². The Kier molecular flexibility index (Phi) is 3.62. The van der Waals surface area contributed by atoms with E-state index in [9.17, 15) is 0 Å². The molecule has 1 nitrogen and oxygen atoms in total.